The fourth-order valence-electron chi connectivity index (χ4n) is 3.67. The van der Waals surface area contributed by atoms with Crippen molar-refractivity contribution in [1.29, 1.82) is 0 Å². The van der Waals surface area contributed by atoms with Gasteiger partial charge in [-0.3, -0.25) is 4.90 Å². The summed E-state index contributed by atoms with van der Waals surface area (Å²) in [6.07, 6.45) is 10.7. The van der Waals surface area contributed by atoms with Gasteiger partial charge in [-0.05, 0) is 43.9 Å². The number of rotatable bonds is 6. The van der Waals surface area contributed by atoms with Crippen LogP contribution in [0.2, 0.25) is 0 Å². The maximum atomic E-state index is 4.49. The van der Waals surface area contributed by atoms with Gasteiger partial charge in [-0.1, -0.05) is 6.07 Å². The third-order valence-electron chi connectivity index (χ3n) is 5.05. The van der Waals surface area contributed by atoms with Crippen LogP contribution in [0.1, 0.15) is 24.2 Å². The number of piperidine rings is 1. The number of hydrogen-bond acceptors (Lipinski definition) is 6. The maximum absolute atomic E-state index is 4.49. The van der Waals surface area contributed by atoms with Crippen LogP contribution in [0.15, 0.2) is 49.3 Å². The Hall–Kier alpha value is -2.80. The van der Waals surface area contributed by atoms with Crippen molar-refractivity contribution in [1.82, 2.24) is 29.4 Å². The summed E-state index contributed by atoms with van der Waals surface area (Å²) in [6, 6.07) is 7.82. The second-order valence-corrected chi connectivity index (χ2v) is 7.18. The summed E-state index contributed by atoms with van der Waals surface area (Å²) >= 11 is 0. The van der Waals surface area contributed by atoms with Crippen molar-refractivity contribution in [2.45, 2.75) is 25.8 Å². The molecule has 140 valence electrons. The van der Waals surface area contributed by atoms with Crippen molar-refractivity contribution in [3.05, 3.63) is 60.7 Å². The van der Waals surface area contributed by atoms with Gasteiger partial charge in [0.25, 0.3) is 0 Å². The largest absolute Gasteiger partial charge is 0.337 e. The summed E-state index contributed by atoms with van der Waals surface area (Å²) in [5.41, 5.74) is 2.34. The van der Waals surface area contributed by atoms with E-state index in [2.05, 4.69) is 41.8 Å². The lowest BCUT2D eigenvalue weighted by molar-refractivity contribution is 0.163. The molecule has 0 amide bonds. The predicted octanol–water partition coefficient (Wildman–Crippen LogP) is 2.80. The Morgan fingerprint density at radius 1 is 1.19 bits per heavy atom. The first-order valence-corrected chi connectivity index (χ1v) is 9.43. The smallest absolute Gasteiger partial charge is 0.135 e. The van der Waals surface area contributed by atoms with E-state index in [1.807, 2.05) is 36.8 Å². The van der Waals surface area contributed by atoms with Crippen LogP contribution in [-0.2, 0) is 20.0 Å². The highest BCUT2D eigenvalue weighted by molar-refractivity contribution is 5.50. The zero-order chi connectivity index (χ0) is 18.5. The normalized spacial score (nSPS) is 17.7. The Morgan fingerprint density at radius 2 is 2.15 bits per heavy atom. The second kappa shape index (κ2) is 8.26. The highest BCUT2D eigenvalue weighted by Gasteiger charge is 2.21. The van der Waals surface area contributed by atoms with E-state index >= 15 is 0 Å². The van der Waals surface area contributed by atoms with Crippen molar-refractivity contribution in [3.8, 4) is 0 Å². The van der Waals surface area contributed by atoms with Crippen molar-refractivity contribution >= 4 is 11.6 Å². The minimum atomic E-state index is 0.615. The lowest BCUT2D eigenvalue weighted by Crippen LogP contribution is -2.36. The Morgan fingerprint density at radius 3 is 2.96 bits per heavy atom. The van der Waals surface area contributed by atoms with E-state index in [9.17, 15) is 0 Å². The number of aromatic nitrogens is 5. The van der Waals surface area contributed by atoms with Crippen molar-refractivity contribution in [2.24, 2.45) is 13.0 Å². The molecule has 4 heterocycles. The topological polar surface area (TPSA) is 71.8 Å². The molecule has 0 aliphatic carbocycles. The van der Waals surface area contributed by atoms with Crippen LogP contribution < -0.4 is 5.32 Å². The van der Waals surface area contributed by atoms with Crippen LogP contribution >= 0.6 is 0 Å². The summed E-state index contributed by atoms with van der Waals surface area (Å²) in [5, 5.41) is 3.24. The fraction of sp³-hybridized carbons (Fsp3) is 0.400. The van der Waals surface area contributed by atoms with Gasteiger partial charge in [0, 0.05) is 44.3 Å². The quantitative estimate of drug-likeness (QED) is 0.726. The molecular formula is C20H25N7. The molecule has 1 aliphatic rings. The Kier molecular flexibility index (Phi) is 5.39. The molecule has 7 nitrogen and oxygen atoms in total. The van der Waals surface area contributed by atoms with Crippen molar-refractivity contribution < 1.29 is 0 Å². The van der Waals surface area contributed by atoms with Gasteiger partial charge in [0.15, 0.2) is 0 Å². The molecule has 1 saturated heterocycles. The van der Waals surface area contributed by atoms with E-state index in [1.54, 1.807) is 12.5 Å². The van der Waals surface area contributed by atoms with Gasteiger partial charge in [-0.2, -0.15) is 0 Å². The molecule has 27 heavy (non-hydrogen) atoms. The molecule has 4 rings (SSSR count). The van der Waals surface area contributed by atoms with Crippen molar-refractivity contribution in [2.75, 3.05) is 18.4 Å². The first kappa shape index (κ1) is 17.6. The van der Waals surface area contributed by atoms with Crippen LogP contribution in [0.4, 0.5) is 11.6 Å². The lowest BCUT2D eigenvalue weighted by atomic mass is 9.93. The van der Waals surface area contributed by atoms with Crippen LogP contribution in [0, 0.1) is 5.92 Å². The summed E-state index contributed by atoms with van der Waals surface area (Å²) in [6.45, 7) is 3.21. The molecular weight excluding hydrogens is 338 g/mol. The number of nitrogens with zero attached hydrogens (tertiary/aromatic N) is 6. The Labute approximate surface area is 159 Å². The standard InChI is InChI=1S/C20H25N7/c1-26-15-21-11-18(26)13-27-8-4-5-16(12-27)9-17-10-20(24-14-23-17)25-19-6-2-3-7-22-19/h2-3,6-7,10-11,14-16H,4-5,8-9,12-13H2,1H3,(H,22,23,24,25)/t16-/m0/s1. The molecule has 1 fully saturated rings. The minimum absolute atomic E-state index is 0.615. The highest BCUT2D eigenvalue weighted by atomic mass is 15.2. The number of anilines is 2. The summed E-state index contributed by atoms with van der Waals surface area (Å²) in [4.78, 5) is 19.8. The summed E-state index contributed by atoms with van der Waals surface area (Å²) in [5.74, 6) is 2.20. The Bertz CT molecular complexity index is 862. The zero-order valence-electron chi connectivity index (χ0n) is 15.6. The molecule has 1 N–H and O–H groups in total. The maximum Gasteiger partial charge on any atom is 0.135 e. The first-order chi connectivity index (χ1) is 13.3. The monoisotopic (exact) mass is 363 g/mol. The predicted molar refractivity (Wildman–Crippen MR) is 104 cm³/mol. The highest BCUT2D eigenvalue weighted by Crippen LogP contribution is 2.22. The molecule has 0 saturated carbocycles. The number of hydrogen-bond donors (Lipinski definition) is 1. The molecule has 3 aromatic rings. The van der Waals surface area contributed by atoms with Gasteiger partial charge < -0.3 is 9.88 Å². The van der Waals surface area contributed by atoms with E-state index < -0.39 is 0 Å². The average Bonchev–Trinajstić information content (AvgIpc) is 3.08. The van der Waals surface area contributed by atoms with E-state index in [4.69, 9.17) is 0 Å². The van der Waals surface area contributed by atoms with Crippen LogP contribution in [-0.4, -0.2) is 42.5 Å². The van der Waals surface area contributed by atoms with Crippen molar-refractivity contribution in [3.63, 3.8) is 0 Å². The third kappa shape index (κ3) is 4.68. The second-order valence-electron chi connectivity index (χ2n) is 7.18. The van der Waals surface area contributed by atoms with Gasteiger partial charge in [-0.15, -0.1) is 0 Å². The zero-order valence-corrected chi connectivity index (χ0v) is 15.6. The van der Waals surface area contributed by atoms with Gasteiger partial charge in [0.1, 0.15) is 18.0 Å². The molecule has 0 bridgehead atoms. The Balaban J connectivity index is 1.37. The van der Waals surface area contributed by atoms with E-state index in [-0.39, 0.29) is 0 Å². The minimum Gasteiger partial charge on any atom is -0.337 e. The van der Waals surface area contributed by atoms with Crippen LogP contribution in [0.5, 0.6) is 0 Å². The van der Waals surface area contributed by atoms with E-state index in [1.165, 1.54) is 18.5 Å². The molecule has 0 spiro atoms. The van der Waals surface area contributed by atoms with Crippen LogP contribution in [0.3, 0.4) is 0 Å². The molecule has 7 heteroatoms. The number of likely N-dealkylation sites (tertiary alicyclic amines) is 1. The fourth-order valence-corrected chi connectivity index (χ4v) is 3.67. The number of nitrogens with one attached hydrogen (secondary N) is 1. The molecule has 1 aliphatic heterocycles. The molecule has 0 aromatic carbocycles. The average molecular weight is 363 g/mol. The molecule has 0 unspecified atom stereocenters. The van der Waals surface area contributed by atoms with Gasteiger partial charge in [-0.25, -0.2) is 19.9 Å². The van der Waals surface area contributed by atoms with Gasteiger partial charge >= 0.3 is 0 Å². The molecule has 0 radical (unpaired) electrons. The third-order valence-corrected chi connectivity index (χ3v) is 5.05. The summed E-state index contributed by atoms with van der Waals surface area (Å²) in [7, 11) is 2.06. The van der Waals surface area contributed by atoms with Gasteiger partial charge in [0.05, 0.1) is 12.0 Å². The summed E-state index contributed by atoms with van der Waals surface area (Å²) < 4.78 is 2.10. The molecule has 3 aromatic heterocycles. The van der Waals surface area contributed by atoms with Gasteiger partial charge in [0.2, 0.25) is 0 Å². The number of pyridine rings is 1. The number of aryl methyl sites for hydroxylation is 1. The van der Waals surface area contributed by atoms with E-state index in [0.717, 1.165) is 43.4 Å². The molecule has 1 atom stereocenters. The number of imidazole rings is 1. The SMILES string of the molecule is Cn1cncc1CN1CCC[C@@H](Cc2cc(Nc3ccccn3)ncn2)C1. The first-order valence-electron chi connectivity index (χ1n) is 9.43. The lowest BCUT2D eigenvalue weighted by Gasteiger charge is -2.32. The van der Waals surface area contributed by atoms with E-state index in [0.29, 0.717) is 5.92 Å². The van der Waals surface area contributed by atoms with Crippen LogP contribution in [0.25, 0.3) is 0 Å².